The highest BCUT2D eigenvalue weighted by molar-refractivity contribution is 4.94. The van der Waals surface area contributed by atoms with Crippen molar-refractivity contribution in [3.05, 3.63) is 0 Å². The minimum atomic E-state index is -0.770. The fourth-order valence-corrected chi connectivity index (χ4v) is 2.57. The predicted octanol–water partition coefficient (Wildman–Crippen LogP) is 0.0112. The third kappa shape index (κ3) is 2.68. The standard InChI is InChI=1S/C12H22O6/c1-11(2)15-7(5-13)9(17-11)10-8(6-14)16-12(3,4)18-10/h7-10,13-14H,5-6H2,1-4H3/t7-,8+,9-,10+. The Morgan fingerprint density at radius 2 is 1.06 bits per heavy atom. The van der Waals surface area contributed by atoms with Crippen LogP contribution in [0.25, 0.3) is 0 Å². The van der Waals surface area contributed by atoms with Crippen molar-refractivity contribution < 1.29 is 29.2 Å². The monoisotopic (exact) mass is 262 g/mol. The van der Waals surface area contributed by atoms with Crippen molar-refractivity contribution in [3.63, 3.8) is 0 Å². The van der Waals surface area contributed by atoms with Gasteiger partial charge in [0.25, 0.3) is 0 Å². The van der Waals surface area contributed by atoms with Gasteiger partial charge >= 0.3 is 0 Å². The highest BCUT2D eigenvalue weighted by Gasteiger charge is 2.53. The lowest BCUT2D eigenvalue weighted by Gasteiger charge is -2.24. The van der Waals surface area contributed by atoms with Crippen LogP contribution in [-0.2, 0) is 18.9 Å². The SMILES string of the molecule is CC1(C)O[C@H]([C@@H]2OC(C)(C)O[C@@H]2CO)[C@H](CO)O1. The van der Waals surface area contributed by atoms with Gasteiger partial charge in [0.15, 0.2) is 11.6 Å². The van der Waals surface area contributed by atoms with Crippen molar-refractivity contribution in [1.29, 1.82) is 0 Å². The van der Waals surface area contributed by atoms with Crippen molar-refractivity contribution in [2.24, 2.45) is 0 Å². The highest BCUT2D eigenvalue weighted by atomic mass is 16.8. The lowest BCUT2D eigenvalue weighted by Crippen LogP contribution is -2.44. The first-order chi connectivity index (χ1) is 8.28. The fourth-order valence-electron chi connectivity index (χ4n) is 2.57. The maximum Gasteiger partial charge on any atom is 0.164 e. The van der Waals surface area contributed by atoms with Gasteiger partial charge in [-0.05, 0) is 27.7 Å². The Morgan fingerprint density at radius 1 is 0.722 bits per heavy atom. The van der Waals surface area contributed by atoms with Gasteiger partial charge in [-0.1, -0.05) is 0 Å². The van der Waals surface area contributed by atoms with Crippen LogP contribution in [0.2, 0.25) is 0 Å². The first-order valence-electron chi connectivity index (χ1n) is 6.21. The summed E-state index contributed by atoms with van der Waals surface area (Å²) < 4.78 is 22.7. The molecule has 0 amide bonds. The third-order valence-corrected chi connectivity index (χ3v) is 3.13. The molecule has 2 aliphatic rings. The Kier molecular flexibility index (Phi) is 3.70. The van der Waals surface area contributed by atoms with Gasteiger partial charge in [0.05, 0.1) is 13.2 Å². The Labute approximate surface area is 107 Å². The molecule has 2 N–H and O–H groups in total. The van der Waals surface area contributed by atoms with Crippen molar-refractivity contribution >= 4 is 0 Å². The largest absolute Gasteiger partial charge is 0.394 e. The summed E-state index contributed by atoms with van der Waals surface area (Å²) in [5, 5.41) is 18.7. The van der Waals surface area contributed by atoms with E-state index < -0.39 is 36.0 Å². The van der Waals surface area contributed by atoms with Crippen molar-refractivity contribution in [3.8, 4) is 0 Å². The molecular formula is C12H22O6. The molecule has 2 heterocycles. The van der Waals surface area contributed by atoms with E-state index in [1.165, 1.54) is 0 Å². The number of hydrogen-bond acceptors (Lipinski definition) is 6. The topological polar surface area (TPSA) is 77.4 Å². The molecule has 0 radical (unpaired) electrons. The molecule has 2 fully saturated rings. The first kappa shape index (κ1) is 14.2. The molecule has 0 bridgehead atoms. The van der Waals surface area contributed by atoms with Crippen LogP contribution < -0.4 is 0 Å². The van der Waals surface area contributed by atoms with Crippen molar-refractivity contribution in [1.82, 2.24) is 0 Å². The van der Waals surface area contributed by atoms with E-state index in [1.807, 2.05) is 0 Å². The van der Waals surface area contributed by atoms with Gasteiger partial charge in [0.1, 0.15) is 24.4 Å². The summed E-state index contributed by atoms with van der Waals surface area (Å²) >= 11 is 0. The highest BCUT2D eigenvalue weighted by Crippen LogP contribution is 2.38. The van der Waals surface area contributed by atoms with E-state index in [2.05, 4.69) is 0 Å². The van der Waals surface area contributed by atoms with E-state index in [0.29, 0.717) is 0 Å². The number of rotatable bonds is 3. The lowest BCUT2D eigenvalue weighted by molar-refractivity contribution is -0.175. The average Bonchev–Trinajstić information content (AvgIpc) is 2.74. The third-order valence-electron chi connectivity index (χ3n) is 3.13. The zero-order valence-electron chi connectivity index (χ0n) is 11.3. The minimum Gasteiger partial charge on any atom is -0.394 e. The second kappa shape index (κ2) is 4.70. The summed E-state index contributed by atoms with van der Waals surface area (Å²) in [6.45, 7) is 6.81. The maximum absolute atomic E-state index is 9.35. The van der Waals surface area contributed by atoms with Gasteiger partial charge in [-0.25, -0.2) is 0 Å². The zero-order chi connectivity index (χ0) is 13.6. The van der Waals surface area contributed by atoms with Gasteiger partial charge < -0.3 is 29.2 Å². The summed E-state index contributed by atoms with van der Waals surface area (Å²) in [5.74, 6) is -1.54. The van der Waals surface area contributed by atoms with Crippen LogP contribution in [0.4, 0.5) is 0 Å². The summed E-state index contributed by atoms with van der Waals surface area (Å²) in [7, 11) is 0. The van der Waals surface area contributed by atoms with Crippen LogP contribution in [0.3, 0.4) is 0 Å². The van der Waals surface area contributed by atoms with Gasteiger partial charge in [0.2, 0.25) is 0 Å². The van der Waals surface area contributed by atoms with Crippen LogP contribution in [0.5, 0.6) is 0 Å². The van der Waals surface area contributed by atoms with E-state index in [0.717, 1.165) is 0 Å². The molecule has 2 saturated heterocycles. The minimum absolute atomic E-state index is 0.160. The first-order valence-corrected chi connectivity index (χ1v) is 6.21. The van der Waals surface area contributed by atoms with E-state index >= 15 is 0 Å². The Balaban J connectivity index is 2.15. The van der Waals surface area contributed by atoms with E-state index in [1.54, 1.807) is 27.7 Å². The fraction of sp³-hybridized carbons (Fsp3) is 1.00. The summed E-state index contributed by atoms with van der Waals surface area (Å²) in [5.41, 5.74) is 0. The number of aliphatic hydroxyl groups is 2. The second-order valence-corrected chi connectivity index (χ2v) is 5.64. The van der Waals surface area contributed by atoms with Crippen molar-refractivity contribution in [2.45, 2.75) is 63.7 Å². The molecule has 0 spiro atoms. The Bertz CT molecular complexity index is 273. The molecule has 6 heteroatoms. The van der Waals surface area contributed by atoms with Gasteiger partial charge in [0, 0.05) is 0 Å². The smallest absolute Gasteiger partial charge is 0.164 e. The number of ether oxygens (including phenoxy) is 4. The van der Waals surface area contributed by atoms with E-state index in [9.17, 15) is 10.2 Å². The molecule has 0 saturated carbocycles. The summed E-state index contributed by atoms with van der Waals surface area (Å²) in [4.78, 5) is 0. The summed E-state index contributed by atoms with van der Waals surface area (Å²) in [6.07, 6.45) is -1.86. The normalized spacial score (nSPS) is 42.3. The number of hydrogen-bond donors (Lipinski definition) is 2. The average molecular weight is 262 g/mol. The summed E-state index contributed by atoms with van der Waals surface area (Å²) in [6, 6.07) is 0. The van der Waals surface area contributed by atoms with E-state index in [4.69, 9.17) is 18.9 Å². The molecular weight excluding hydrogens is 240 g/mol. The van der Waals surface area contributed by atoms with Gasteiger partial charge in [-0.2, -0.15) is 0 Å². The molecule has 18 heavy (non-hydrogen) atoms. The number of aliphatic hydroxyl groups excluding tert-OH is 2. The lowest BCUT2D eigenvalue weighted by atomic mass is 10.0. The van der Waals surface area contributed by atoms with Gasteiger partial charge in [-0.3, -0.25) is 0 Å². The molecule has 0 unspecified atom stereocenters. The van der Waals surface area contributed by atoms with E-state index in [-0.39, 0.29) is 13.2 Å². The second-order valence-electron chi connectivity index (χ2n) is 5.64. The molecule has 106 valence electrons. The van der Waals surface area contributed by atoms with Crippen molar-refractivity contribution in [2.75, 3.05) is 13.2 Å². The maximum atomic E-state index is 9.35. The molecule has 2 rings (SSSR count). The molecule has 0 aliphatic carbocycles. The molecule has 6 nitrogen and oxygen atoms in total. The predicted molar refractivity (Wildman–Crippen MR) is 61.8 cm³/mol. The molecule has 0 aromatic carbocycles. The van der Waals surface area contributed by atoms with Crippen LogP contribution >= 0.6 is 0 Å². The van der Waals surface area contributed by atoms with Crippen LogP contribution in [0.15, 0.2) is 0 Å². The molecule has 2 aliphatic heterocycles. The van der Waals surface area contributed by atoms with Crippen LogP contribution in [-0.4, -0.2) is 59.4 Å². The zero-order valence-corrected chi connectivity index (χ0v) is 11.3. The quantitative estimate of drug-likeness (QED) is 0.746. The Morgan fingerprint density at radius 3 is 1.33 bits per heavy atom. The van der Waals surface area contributed by atoms with Crippen LogP contribution in [0.1, 0.15) is 27.7 Å². The van der Waals surface area contributed by atoms with Gasteiger partial charge in [-0.15, -0.1) is 0 Å². The molecule has 4 atom stereocenters. The molecule has 0 aromatic heterocycles. The van der Waals surface area contributed by atoms with Crippen LogP contribution in [0, 0.1) is 0 Å². The Hall–Kier alpha value is -0.240. The molecule has 0 aromatic rings.